The minimum atomic E-state index is -4.42. The van der Waals surface area contributed by atoms with E-state index < -0.39 is 20.9 Å². The molecule has 0 saturated heterocycles. The Morgan fingerprint density at radius 2 is 1.50 bits per heavy atom. The highest BCUT2D eigenvalue weighted by atomic mass is 28.3. The fourth-order valence-electron chi connectivity index (χ4n) is 5.72. The van der Waals surface area contributed by atoms with E-state index in [1.54, 1.807) is 4.68 Å². The summed E-state index contributed by atoms with van der Waals surface area (Å²) >= 11 is 0. The van der Waals surface area contributed by atoms with Crippen LogP contribution in [0.3, 0.4) is 0 Å². The molecule has 2 aliphatic carbocycles. The lowest BCUT2D eigenvalue weighted by atomic mass is 9.87. The van der Waals surface area contributed by atoms with Crippen LogP contribution in [0, 0.1) is 11.8 Å². The van der Waals surface area contributed by atoms with Crippen molar-refractivity contribution < 1.29 is 17.6 Å². The molecule has 36 heavy (non-hydrogen) atoms. The van der Waals surface area contributed by atoms with Gasteiger partial charge in [0.2, 0.25) is 0 Å². The van der Waals surface area contributed by atoms with Crippen molar-refractivity contribution in [2.45, 2.75) is 77.1 Å². The van der Waals surface area contributed by atoms with Crippen LogP contribution in [0.25, 0.3) is 0 Å². The maximum Gasteiger partial charge on any atom is 0.435 e. The fourth-order valence-corrected chi connectivity index (χ4v) is 7.81. The van der Waals surface area contributed by atoms with Crippen molar-refractivity contribution in [3.63, 3.8) is 0 Å². The second-order valence-corrected chi connectivity index (χ2v) is 13.6. The average molecular weight is 512 g/mol. The fraction of sp³-hybridized carbons (Fsp3) is 0.483. The molecular formula is C29H34F3N2OSi. The quantitative estimate of drug-likeness (QED) is 0.374. The Balaban J connectivity index is 1.33. The third kappa shape index (κ3) is 4.92. The second-order valence-electron chi connectivity index (χ2n) is 11.6. The molecule has 3 nitrogen and oxygen atoms in total. The maximum absolute atomic E-state index is 13.3. The number of nitrogens with zero attached hydrogens (tertiary/aromatic N) is 2. The second kappa shape index (κ2) is 9.17. The molecule has 2 fully saturated rings. The normalized spacial score (nSPS) is 23.9. The number of hydrogen-bond donors (Lipinski definition) is 0. The molecular weight excluding hydrogens is 477 g/mol. The topological polar surface area (TPSA) is 27.1 Å². The number of aromatic nitrogens is 2. The Labute approximate surface area is 213 Å². The Hall–Kier alpha value is -2.38. The van der Waals surface area contributed by atoms with Crippen molar-refractivity contribution in [1.29, 1.82) is 0 Å². The van der Waals surface area contributed by atoms with Gasteiger partial charge in [-0.25, -0.2) is 0 Å². The lowest BCUT2D eigenvalue weighted by molar-refractivity contribution is -0.141. The van der Waals surface area contributed by atoms with Crippen LogP contribution >= 0.6 is 0 Å². The molecule has 3 aromatic rings. The van der Waals surface area contributed by atoms with E-state index in [4.69, 9.17) is 4.43 Å². The van der Waals surface area contributed by atoms with Gasteiger partial charge in [-0.1, -0.05) is 75.4 Å². The van der Waals surface area contributed by atoms with Crippen LogP contribution in [0.4, 0.5) is 13.2 Å². The van der Waals surface area contributed by atoms with Crippen LogP contribution in [0.15, 0.2) is 60.7 Å². The van der Waals surface area contributed by atoms with Gasteiger partial charge in [0.1, 0.15) is 0 Å². The predicted molar refractivity (Wildman–Crippen MR) is 138 cm³/mol. The number of rotatable bonds is 6. The van der Waals surface area contributed by atoms with Gasteiger partial charge in [-0.3, -0.25) is 4.68 Å². The first-order valence-corrected chi connectivity index (χ1v) is 14.2. The van der Waals surface area contributed by atoms with Gasteiger partial charge in [-0.2, -0.15) is 18.3 Å². The first kappa shape index (κ1) is 25.3. The Morgan fingerprint density at radius 1 is 0.917 bits per heavy atom. The van der Waals surface area contributed by atoms with Crippen LogP contribution in [0.1, 0.15) is 76.4 Å². The van der Waals surface area contributed by atoms with Gasteiger partial charge < -0.3 is 4.43 Å². The molecule has 0 N–H and O–H groups in total. The molecule has 2 saturated carbocycles. The largest absolute Gasteiger partial charge is 0.435 e. The van der Waals surface area contributed by atoms with Crippen molar-refractivity contribution in [2.24, 2.45) is 11.8 Å². The van der Waals surface area contributed by atoms with E-state index in [1.807, 2.05) is 19.9 Å². The zero-order chi connectivity index (χ0) is 25.8. The zero-order valence-corrected chi connectivity index (χ0v) is 22.5. The summed E-state index contributed by atoms with van der Waals surface area (Å²) in [6.07, 6.45) is -2.51. The van der Waals surface area contributed by atoms with Gasteiger partial charge in [0.05, 0.1) is 0 Å². The van der Waals surface area contributed by atoms with Gasteiger partial charge in [0.25, 0.3) is 9.04 Å². The summed E-state index contributed by atoms with van der Waals surface area (Å²) < 4.78 is 48.4. The summed E-state index contributed by atoms with van der Waals surface area (Å²) in [4.78, 5) is 0. The SMILES string of the molecule is CC(C)n1nc(C(F)(F)F)cc1C1C2CC(O[Si](c3ccccc3)c3ccc(C(C)(C)C)cc3)CC21. The first-order chi connectivity index (χ1) is 16.9. The summed E-state index contributed by atoms with van der Waals surface area (Å²) in [5.74, 6) is 0.884. The molecule has 0 spiro atoms. The Kier molecular flexibility index (Phi) is 6.44. The lowest BCUT2D eigenvalue weighted by Crippen LogP contribution is -2.47. The minimum absolute atomic E-state index is 0.0925. The van der Waals surface area contributed by atoms with Crippen LogP contribution in [-0.4, -0.2) is 24.9 Å². The molecule has 2 atom stereocenters. The van der Waals surface area contributed by atoms with Crippen molar-refractivity contribution in [3.05, 3.63) is 77.6 Å². The van der Waals surface area contributed by atoms with Gasteiger partial charge in [0.15, 0.2) is 5.69 Å². The van der Waals surface area contributed by atoms with E-state index in [1.165, 1.54) is 22.0 Å². The highest BCUT2D eigenvalue weighted by Gasteiger charge is 2.59. The van der Waals surface area contributed by atoms with E-state index in [9.17, 15) is 13.2 Å². The summed E-state index contributed by atoms with van der Waals surface area (Å²) in [5.41, 5.74) is 1.34. The predicted octanol–water partition coefficient (Wildman–Crippen LogP) is 6.09. The van der Waals surface area contributed by atoms with E-state index >= 15 is 0 Å². The number of fused-ring (bicyclic) bond motifs is 1. The van der Waals surface area contributed by atoms with Crippen molar-refractivity contribution >= 4 is 19.4 Å². The standard InChI is InChI=1S/C29H34F3N2OSi/c1-18(2)34-25(17-26(33-34)29(30,31)32)27-23-15-20(16-24(23)27)35-36(21-9-7-6-8-10-21)22-13-11-19(12-14-22)28(3,4)5/h6-14,17-18,20,23-24,27H,15-16H2,1-5H3. The molecule has 2 aliphatic rings. The average Bonchev–Trinajstić information content (AvgIpc) is 3.16. The van der Waals surface area contributed by atoms with E-state index in [0.29, 0.717) is 11.8 Å². The molecule has 7 heteroatoms. The van der Waals surface area contributed by atoms with Crippen LogP contribution in [0.5, 0.6) is 0 Å². The summed E-state index contributed by atoms with van der Waals surface area (Å²) in [6.45, 7) is 10.4. The first-order valence-electron chi connectivity index (χ1n) is 12.8. The molecule has 1 radical (unpaired) electrons. The zero-order valence-electron chi connectivity index (χ0n) is 21.5. The van der Waals surface area contributed by atoms with E-state index in [2.05, 4.69) is 74.4 Å². The van der Waals surface area contributed by atoms with Gasteiger partial charge >= 0.3 is 6.18 Å². The highest BCUT2D eigenvalue weighted by Crippen LogP contribution is 2.64. The summed E-state index contributed by atoms with van der Waals surface area (Å²) in [7, 11) is -1.43. The molecule has 1 aromatic heterocycles. The van der Waals surface area contributed by atoms with E-state index in [0.717, 1.165) is 18.5 Å². The molecule has 0 aliphatic heterocycles. The summed E-state index contributed by atoms with van der Waals surface area (Å²) in [5, 5.41) is 6.35. The molecule has 191 valence electrons. The van der Waals surface area contributed by atoms with Crippen molar-refractivity contribution in [1.82, 2.24) is 9.78 Å². The number of halogens is 3. The third-order valence-electron chi connectivity index (χ3n) is 7.62. The molecule has 0 amide bonds. The molecule has 2 aromatic carbocycles. The van der Waals surface area contributed by atoms with E-state index in [-0.39, 0.29) is 23.5 Å². The number of alkyl halides is 3. The van der Waals surface area contributed by atoms with Crippen LogP contribution < -0.4 is 10.4 Å². The van der Waals surface area contributed by atoms with Gasteiger partial charge in [0, 0.05) is 23.8 Å². The molecule has 1 heterocycles. The Morgan fingerprint density at radius 3 is 2.03 bits per heavy atom. The smallest absolute Gasteiger partial charge is 0.404 e. The van der Waals surface area contributed by atoms with Gasteiger partial charge in [-0.15, -0.1) is 0 Å². The maximum atomic E-state index is 13.3. The molecule has 5 rings (SSSR count). The lowest BCUT2D eigenvalue weighted by Gasteiger charge is -2.24. The molecule has 2 unspecified atom stereocenters. The molecule has 0 bridgehead atoms. The van der Waals surface area contributed by atoms with Gasteiger partial charge in [-0.05, 0) is 65.9 Å². The Bertz CT molecular complexity index is 1190. The van der Waals surface area contributed by atoms with Crippen molar-refractivity contribution in [2.75, 3.05) is 0 Å². The van der Waals surface area contributed by atoms with Crippen LogP contribution in [0.2, 0.25) is 0 Å². The number of benzene rings is 2. The third-order valence-corrected chi connectivity index (χ3v) is 9.91. The number of hydrogen-bond acceptors (Lipinski definition) is 2. The highest BCUT2D eigenvalue weighted by molar-refractivity contribution is 6.80. The summed E-state index contributed by atoms with van der Waals surface area (Å²) in [6, 6.07) is 20.4. The monoisotopic (exact) mass is 511 g/mol. The van der Waals surface area contributed by atoms with Crippen molar-refractivity contribution in [3.8, 4) is 0 Å². The minimum Gasteiger partial charge on any atom is -0.404 e. The van der Waals surface area contributed by atoms with Crippen LogP contribution in [-0.2, 0) is 16.0 Å².